The summed E-state index contributed by atoms with van der Waals surface area (Å²) in [5.41, 5.74) is 0. The van der Waals surface area contributed by atoms with Gasteiger partial charge in [0.15, 0.2) is 0 Å². The number of carbonyl (C=O) groups is 3. The lowest BCUT2D eigenvalue weighted by Crippen LogP contribution is -2.40. The lowest BCUT2D eigenvalue weighted by Gasteiger charge is -2.12. The Bertz CT molecular complexity index is 245. The molecule has 6 heteroatoms. The summed E-state index contributed by atoms with van der Waals surface area (Å²) < 4.78 is 0. The van der Waals surface area contributed by atoms with Gasteiger partial charge in [0, 0.05) is 12.8 Å². The number of thiol groups is 1. The molecule has 0 rings (SSSR count). The molecule has 0 fully saturated rings. The maximum Gasteiger partial charge on any atom is 0.326 e. The van der Waals surface area contributed by atoms with Gasteiger partial charge in [-0.2, -0.15) is 12.6 Å². The molecule has 0 aliphatic rings. The molecular formula is C10H17NO4S. The van der Waals surface area contributed by atoms with Crippen molar-refractivity contribution < 1.29 is 19.5 Å². The molecule has 0 aromatic heterocycles. The van der Waals surface area contributed by atoms with Crippen molar-refractivity contribution in [2.24, 2.45) is 0 Å². The highest BCUT2D eigenvalue weighted by Gasteiger charge is 2.18. The van der Waals surface area contributed by atoms with Gasteiger partial charge in [-0.3, -0.25) is 4.79 Å². The summed E-state index contributed by atoms with van der Waals surface area (Å²) in [7, 11) is 0. The van der Waals surface area contributed by atoms with Gasteiger partial charge in [-0.15, -0.1) is 0 Å². The van der Waals surface area contributed by atoms with Crippen LogP contribution in [0.25, 0.3) is 0 Å². The molecule has 92 valence electrons. The van der Waals surface area contributed by atoms with Gasteiger partial charge < -0.3 is 15.2 Å². The molecular weight excluding hydrogens is 230 g/mol. The zero-order chi connectivity index (χ0) is 12.4. The SMILES string of the molecule is O=CCCCCC(=O)N[C@@H](CCS)C(=O)O. The third-order valence-corrected chi connectivity index (χ3v) is 2.29. The lowest BCUT2D eigenvalue weighted by atomic mass is 10.1. The van der Waals surface area contributed by atoms with Gasteiger partial charge in [-0.05, 0) is 25.0 Å². The Hall–Kier alpha value is -1.04. The quantitative estimate of drug-likeness (QED) is 0.317. The number of amides is 1. The van der Waals surface area contributed by atoms with Crippen molar-refractivity contribution in [2.45, 2.75) is 38.1 Å². The highest BCUT2D eigenvalue weighted by molar-refractivity contribution is 7.80. The van der Waals surface area contributed by atoms with Gasteiger partial charge >= 0.3 is 5.97 Å². The number of carbonyl (C=O) groups excluding carboxylic acids is 2. The summed E-state index contributed by atoms with van der Waals surface area (Å²) in [5.74, 6) is -0.932. The Morgan fingerprint density at radius 2 is 2.06 bits per heavy atom. The number of hydrogen-bond donors (Lipinski definition) is 3. The van der Waals surface area contributed by atoms with Gasteiger partial charge in [0.1, 0.15) is 12.3 Å². The summed E-state index contributed by atoms with van der Waals surface area (Å²) in [6, 6.07) is -0.865. The fraction of sp³-hybridized carbons (Fsp3) is 0.700. The molecule has 2 N–H and O–H groups in total. The highest BCUT2D eigenvalue weighted by atomic mass is 32.1. The van der Waals surface area contributed by atoms with Crippen molar-refractivity contribution in [3.8, 4) is 0 Å². The fourth-order valence-electron chi connectivity index (χ4n) is 1.17. The summed E-state index contributed by atoms with van der Waals surface area (Å²) >= 11 is 3.92. The van der Waals surface area contributed by atoms with Crippen LogP contribution in [0.15, 0.2) is 0 Å². The van der Waals surface area contributed by atoms with E-state index >= 15 is 0 Å². The van der Waals surface area contributed by atoms with E-state index in [0.29, 0.717) is 31.4 Å². The first-order chi connectivity index (χ1) is 7.61. The van der Waals surface area contributed by atoms with Crippen LogP contribution in [0.1, 0.15) is 32.1 Å². The predicted molar refractivity (Wildman–Crippen MR) is 62.6 cm³/mol. The van der Waals surface area contributed by atoms with E-state index < -0.39 is 12.0 Å². The number of rotatable bonds is 9. The molecule has 16 heavy (non-hydrogen) atoms. The maximum atomic E-state index is 11.3. The van der Waals surface area contributed by atoms with Crippen molar-refractivity contribution in [3.05, 3.63) is 0 Å². The average molecular weight is 247 g/mol. The van der Waals surface area contributed by atoms with Crippen molar-refractivity contribution >= 4 is 30.8 Å². The number of aliphatic carboxylic acids is 1. The van der Waals surface area contributed by atoms with E-state index in [4.69, 9.17) is 5.11 Å². The number of aldehydes is 1. The molecule has 0 spiro atoms. The summed E-state index contributed by atoms with van der Waals surface area (Å²) in [5, 5.41) is 11.2. The van der Waals surface area contributed by atoms with E-state index in [2.05, 4.69) is 17.9 Å². The Morgan fingerprint density at radius 1 is 1.38 bits per heavy atom. The molecule has 0 aromatic rings. The van der Waals surface area contributed by atoms with Gasteiger partial charge in [0.2, 0.25) is 5.91 Å². The molecule has 0 saturated heterocycles. The topological polar surface area (TPSA) is 83.5 Å². The van der Waals surface area contributed by atoms with Crippen LogP contribution in [0.5, 0.6) is 0 Å². The van der Waals surface area contributed by atoms with E-state index in [1.54, 1.807) is 0 Å². The first kappa shape index (κ1) is 15.0. The Morgan fingerprint density at radius 3 is 2.56 bits per heavy atom. The van der Waals surface area contributed by atoms with E-state index in [1.807, 2.05) is 0 Å². The minimum atomic E-state index is -1.05. The van der Waals surface area contributed by atoms with Crippen LogP contribution in [0.2, 0.25) is 0 Å². The van der Waals surface area contributed by atoms with Crippen LogP contribution in [0, 0.1) is 0 Å². The molecule has 1 amide bonds. The zero-order valence-corrected chi connectivity index (χ0v) is 9.91. The smallest absolute Gasteiger partial charge is 0.326 e. The molecule has 0 unspecified atom stereocenters. The van der Waals surface area contributed by atoms with Crippen LogP contribution >= 0.6 is 12.6 Å². The van der Waals surface area contributed by atoms with Crippen molar-refractivity contribution in [1.82, 2.24) is 5.32 Å². The van der Waals surface area contributed by atoms with E-state index in [9.17, 15) is 14.4 Å². The Kier molecular flexibility index (Phi) is 8.61. The predicted octanol–water partition coefficient (Wildman–Crippen LogP) is 0.635. The van der Waals surface area contributed by atoms with E-state index in [0.717, 1.165) is 6.29 Å². The normalized spacial score (nSPS) is 11.8. The van der Waals surface area contributed by atoms with Crippen LogP contribution in [0.4, 0.5) is 0 Å². The first-order valence-corrected chi connectivity index (χ1v) is 5.81. The third-order valence-electron chi connectivity index (χ3n) is 2.03. The van der Waals surface area contributed by atoms with Crippen LogP contribution in [0.3, 0.4) is 0 Å². The van der Waals surface area contributed by atoms with Gasteiger partial charge in [0.05, 0.1) is 0 Å². The fourth-order valence-corrected chi connectivity index (χ4v) is 1.42. The van der Waals surface area contributed by atoms with E-state index in [1.165, 1.54) is 0 Å². The standard InChI is InChI=1S/C10H17NO4S/c12-6-3-1-2-4-9(13)11-8(5-7-16)10(14)15/h6,8,16H,1-5,7H2,(H,11,13)(H,14,15)/t8-/m0/s1. The lowest BCUT2D eigenvalue weighted by molar-refractivity contribution is -0.141. The number of carboxylic acids is 1. The third kappa shape index (κ3) is 7.28. The van der Waals surface area contributed by atoms with Gasteiger partial charge in [-0.1, -0.05) is 0 Å². The maximum absolute atomic E-state index is 11.3. The second-order valence-corrected chi connectivity index (χ2v) is 3.83. The summed E-state index contributed by atoms with van der Waals surface area (Å²) in [6.07, 6.45) is 3.05. The van der Waals surface area contributed by atoms with Crippen LogP contribution < -0.4 is 5.32 Å². The molecule has 0 saturated carbocycles. The second-order valence-electron chi connectivity index (χ2n) is 3.38. The van der Waals surface area contributed by atoms with Crippen molar-refractivity contribution in [1.29, 1.82) is 0 Å². The van der Waals surface area contributed by atoms with E-state index in [-0.39, 0.29) is 12.3 Å². The van der Waals surface area contributed by atoms with Crippen LogP contribution in [-0.4, -0.2) is 35.1 Å². The molecule has 0 aromatic carbocycles. The second kappa shape index (κ2) is 9.21. The largest absolute Gasteiger partial charge is 0.480 e. The number of nitrogens with one attached hydrogen (secondary N) is 1. The molecule has 0 heterocycles. The molecule has 1 atom stereocenters. The monoisotopic (exact) mass is 247 g/mol. The highest BCUT2D eigenvalue weighted by Crippen LogP contribution is 2.00. The molecule has 0 radical (unpaired) electrons. The Labute approximate surface area is 100 Å². The van der Waals surface area contributed by atoms with Gasteiger partial charge in [0.25, 0.3) is 0 Å². The summed E-state index contributed by atoms with van der Waals surface area (Å²) in [6.45, 7) is 0. The molecule has 0 aliphatic carbocycles. The molecule has 0 aliphatic heterocycles. The minimum Gasteiger partial charge on any atom is -0.480 e. The molecule has 0 bridgehead atoms. The van der Waals surface area contributed by atoms with Gasteiger partial charge in [-0.25, -0.2) is 4.79 Å². The van der Waals surface area contributed by atoms with Crippen molar-refractivity contribution in [3.63, 3.8) is 0 Å². The number of unbranched alkanes of at least 4 members (excludes halogenated alkanes) is 2. The summed E-state index contributed by atoms with van der Waals surface area (Å²) in [4.78, 5) is 32.0. The number of hydrogen-bond acceptors (Lipinski definition) is 4. The van der Waals surface area contributed by atoms with Crippen LogP contribution in [-0.2, 0) is 14.4 Å². The number of carboxylic acid groups (broad SMARTS) is 1. The zero-order valence-electron chi connectivity index (χ0n) is 9.02. The minimum absolute atomic E-state index is 0.254. The average Bonchev–Trinajstić information content (AvgIpc) is 2.23. The van der Waals surface area contributed by atoms with Crippen molar-refractivity contribution in [2.75, 3.05) is 5.75 Å². The first-order valence-electron chi connectivity index (χ1n) is 5.18. The Balaban J connectivity index is 3.81. The molecule has 5 nitrogen and oxygen atoms in total.